The molecule has 2 aliphatic carbocycles. The highest BCUT2D eigenvalue weighted by atomic mass is 19.3. The molecule has 2 saturated carbocycles. The van der Waals surface area contributed by atoms with Crippen molar-refractivity contribution in [3.05, 3.63) is 40.4 Å². The van der Waals surface area contributed by atoms with Crippen molar-refractivity contribution < 1.29 is 13.6 Å². The van der Waals surface area contributed by atoms with E-state index in [2.05, 4.69) is 16.9 Å². The fourth-order valence-electron chi connectivity index (χ4n) is 4.91. The molecule has 2 aromatic rings. The summed E-state index contributed by atoms with van der Waals surface area (Å²) in [5.41, 5.74) is 5.39. The number of hydrogen-bond acceptors (Lipinski definition) is 3. The molecule has 2 fully saturated rings. The van der Waals surface area contributed by atoms with Gasteiger partial charge < -0.3 is 10.7 Å². The van der Waals surface area contributed by atoms with E-state index in [9.17, 15) is 18.4 Å². The zero-order valence-corrected chi connectivity index (χ0v) is 17.5. The zero-order valence-electron chi connectivity index (χ0n) is 17.5. The van der Waals surface area contributed by atoms with Gasteiger partial charge in [-0.1, -0.05) is 26.2 Å². The molecule has 30 heavy (non-hydrogen) atoms. The minimum Gasteiger partial charge on any atom is -0.364 e. The predicted octanol–water partition coefficient (Wildman–Crippen LogP) is 5.05. The third-order valence-electron chi connectivity index (χ3n) is 6.80. The summed E-state index contributed by atoms with van der Waals surface area (Å²) in [7, 11) is 0. The van der Waals surface area contributed by atoms with E-state index in [4.69, 9.17) is 5.73 Å². The Hall–Kier alpha value is -2.31. The number of aromatic nitrogens is 2. The van der Waals surface area contributed by atoms with Crippen molar-refractivity contribution in [3.8, 4) is 0 Å². The van der Waals surface area contributed by atoms with Gasteiger partial charge in [0.15, 0.2) is 5.43 Å². The van der Waals surface area contributed by atoms with Gasteiger partial charge in [-0.15, -0.1) is 0 Å². The van der Waals surface area contributed by atoms with E-state index < -0.39 is 11.8 Å². The maximum Gasteiger partial charge on any atom is 0.268 e. The quantitative estimate of drug-likeness (QED) is 0.729. The number of halogens is 2. The van der Waals surface area contributed by atoms with Crippen LogP contribution in [0, 0.1) is 17.8 Å². The van der Waals surface area contributed by atoms with Gasteiger partial charge in [-0.3, -0.25) is 14.6 Å². The van der Waals surface area contributed by atoms with Crippen LogP contribution in [0.2, 0.25) is 0 Å². The Morgan fingerprint density at radius 3 is 2.37 bits per heavy atom. The number of alkyl halides is 2. The summed E-state index contributed by atoms with van der Waals surface area (Å²) in [5, 5.41) is 0.238. The summed E-state index contributed by atoms with van der Waals surface area (Å²) in [6.45, 7) is 2.27. The van der Waals surface area contributed by atoms with Crippen molar-refractivity contribution in [2.45, 2.75) is 70.6 Å². The highest BCUT2D eigenvalue weighted by Crippen LogP contribution is 2.44. The monoisotopic (exact) mass is 419 g/mol. The van der Waals surface area contributed by atoms with Gasteiger partial charge >= 0.3 is 0 Å². The van der Waals surface area contributed by atoms with Crippen LogP contribution in [-0.2, 0) is 0 Å². The molecule has 0 unspecified atom stereocenters. The third-order valence-corrected chi connectivity index (χ3v) is 6.80. The summed E-state index contributed by atoms with van der Waals surface area (Å²) in [6, 6.07) is 2.94. The molecule has 164 valence electrons. The molecule has 2 heterocycles. The molecule has 0 spiro atoms. The van der Waals surface area contributed by atoms with Crippen LogP contribution in [0.25, 0.3) is 10.9 Å². The van der Waals surface area contributed by atoms with E-state index in [1.165, 1.54) is 50.6 Å². The average Bonchev–Trinajstić information content (AvgIpc) is 2.74. The summed E-state index contributed by atoms with van der Waals surface area (Å²) in [5.74, 6) is -0.762. The lowest BCUT2D eigenvalue weighted by atomic mass is 9.70. The Kier molecular flexibility index (Phi) is 7.21. The number of primary amides is 1. The van der Waals surface area contributed by atoms with Crippen molar-refractivity contribution in [3.63, 3.8) is 0 Å². The maximum absolute atomic E-state index is 13.1. The number of fused-ring (bicyclic) bond motifs is 1. The normalized spacial score (nSPS) is 24.1. The number of nitrogens with two attached hydrogens (primary N) is 1. The van der Waals surface area contributed by atoms with E-state index in [-0.39, 0.29) is 29.4 Å². The molecule has 0 aliphatic heterocycles. The van der Waals surface area contributed by atoms with Gasteiger partial charge in [-0.05, 0) is 49.5 Å². The van der Waals surface area contributed by atoms with Crippen molar-refractivity contribution in [1.82, 2.24) is 9.97 Å². The fraction of sp³-hybridized carbons (Fsp3) is 0.609. The van der Waals surface area contributed by atoms with Gasteiger partial charge in [0.25, 0.3) is 5.91 Å². The molecule has 7 heteroatoms. The van der Waals surface area contributed by atoms with Gasteiger partial charge in [0, 0.05) is 31.3 Å². The molecule has 0 saturated heterocycles. The van der Waals surface area contributed by atoms with Crippen LogP contribution in [0.3, 0.4) is 0 Å². The lowest BCUT2D eigenvalue weighted by Crippen LogP contribution is -2.30. The van der Waals surface area contributed by atoms with E-state index in [0.29, 0.717) is 11.4 Å². The second-order valence-electron chi connectivity index (χ2n) is 8.67. The van der Waals surface area contributed by atoms with E-state index in [1.54, 1.807) is 6.07 Å². The number of amides is 1. The summed E-state index contributed by atoms with van der Waals surface area (Å²) in [6.07, 6.45) is 11.4. The van der Waals surface area contributed by atoms with Crippen LogP contribution in [0.15, 0.2) is 29.3 Å². The number of hydrogen-bond donors (Lipinski definition) is 2. The molecule has 0 atom stereocenters. The molecule has 1 amide bonds. The Morgan fingerprint density at radius 2 is 1.77 bits per heavy atom. The lowest BCUT2D eigenvalue weighted by Gasteiger charge is -2.37. The largest absolute Gasteiger partial charge is 0.364 e. The van der Waals surface area contributed by atoms with Crippen molar-refractivity contribution in [2.75, 3.05) is 0 Å². The number of carbonyl (C=O) groups is 1. The van der Waals surface area contributed by atoms with Crippen molar-refractivity contribution in [1.29, 1.82) is 0 Å². The summed E-state index contributed by atoms with van der Waals surface area (Å²) < 4.78 is 26.1. The Morgan fingerprint density at radius 1 is 1.13 bits per heavy atom. The molecule has 0 bridgehead atoms. The van der Waals surface area contributed by atoms with Crippen LogP contribution in [-0.4, -0.2) is 21.8 Å². The minimum absolute atomic E-state index is 0.00403. The Labute approximate surface area is 175 Å². The first-order chi connectivity index (χ1) is 14.3. The molecule has 4 rings (SSSR count). The first-order valence-corrected chi connectivity index (χ1v) is 10.9. The topological polar surface area (TPSA) is 88.8 Å². The van der Waals surface area contributed by atoms with Crippen LogP contribution < -0.4 is 11.2 Å². The minimum atomic E-state index is -2.35. The van der Waals surface area contributed by atoms with Gasteiger partial charge in [0.2, 0.25) is 5.92 Å². The number of H-pyrrole nitrogens is 1. The van der Waals surface area contributed by atoms with Crippen LogP contribution in [0.4, 0.5) is 8.78 Å². The molecule has 3 N–H and O–H groups in total. The first-order valence-electron chi connectivity index (χ1n) is 10.9. The van der Waals surface area contributed by atoms with E-state index in [1.807, 2.05) is 0 Å². The Balaban J connectivity index is 0.000000172. The maximum atomic E-state index is 13.1. The van der Waals surface area contributed by atoms with Crippen LogP contribution in [0.1, 0.15) is 75.2 Å². The molecule has 0 radical (unpaired) electrons. The number of rotatable bonds is 3. The molecule has 5 nitrogen and oxygen atoms in total. The molecular weight excluding hydrogens is 388 g/mol. The van der Waals surface area contributed by atoms with Crippen LogP contribution >= 0.6 is 0 Å². The van der Waals surface area contributed by atoms with E-state index >= 15 is 0 Å². The first kappa shape index (κ1) is 22.4. The molecule has 2 aromatic heterocycles. The number of pyridine rings is 2. The number of carbonyl (C=O) groups excluding carboxylic acids is 1. The summed E-state index contributed by atoms with van der Waals surface area (Å²) in [4.78, 5) is 29.0. The second kappa shape index (κ2) is 9.67. The standard InChI is InChI=1S/C14H24F2.C9H7N3O2/c1-2-11-3-5-12(6-4-11)13-7-9-14(15,16)10-8-13;10-9(14)8-7-5(1-3-12-8)11-4-2-6(7)13/h11-13H,2-10H2,1H3;1-4H,(H2,10,14)(H,11,13). The van der Waals surface area contributed by atoms with Gasteiger partial charge in [-0.2, -0.15) is 0 Å². The van der Waals surface area contributed by atoms with Gasteiger partial charge in [0.1, 0.15) is 5.69 Å². The lowest BCUT2D eigenvalue weighted by molar-refractivity contribution is -0.0550. The fourth-order valence-corrected chi connectivity index (χ4v) is 4.91. The van der Waals surface area contributed by atoms with Gasteiger partial charge in [-0.25, -0.2) is 8.78 Å². The highest BCUT2D eigenvalue weighted by Gasteiger charge is 2.38. The highest BCUT2D eigenvalue weighted by molar-refractivity contribution is 6.03. The average molecular weight is 420 g/mol. The molecule has 2 aliphatic rings. The van der Waals surface area contributed by atoms with E-state index in [0.717, 1.165) is 24.7 Å². The van der Waals surface area contributed by atoms with Crippen molar-refractivity contribution in [2.24, 2.45) is 23.5 Å². The Bertz CT molecular complexity index is 905. The molecular formula is C23H31F2N3O2. The number of nitrogens with one attached hydrogen (secondary N) is 1. The second-order valence-corrected chi connectivity index (χ2v) is 8.67. The smallest absolute Gasteiger partial charge is 0.268 e. The predicted molar refractivity (Wildman–Crippen MR) is 114 cm³/mol. The number of nitrogens with zero attached hydrogens (tertiary/aromatic N) is 1. The zero-order chi connectivity index (χ0) is 21.7. The number of aromatic amines is 1. The summed E-state index contributed by atoms with van der Waals surface area (Å²) >= 11 is 0. The third kappa shape index (κ3) is 5.43. The van der Waals surface area contributed by atoms with Crippen molar-refractivity contribution >= 4 is 16.8 Å². The van der Waals surface area contributed by atoms with Crippen LogP contribution in [0.5, 0.6) is 0 Å². The van der Waals surface area contributed by atoms with Gasteiger partial charge in [0.05, 0.1) is 10.9 Å². The molecule has 0 aromatic carbocycles. The SMILES string of the molecule is CCC1CCC(C2CCC(F)(F)CC2)CC1.NC(=O)c1nccc2[nH]ccc(=O)c12.